The minimum atomic E-state index is -0.906. The first-order valence-electron chi connectivity index (χ1n) is 11.3. The molecule has 2 N–H and O–H groups in total. The van der Waals surface area contributed by atoms with Crippen molar-refractivity contribution in [3.8, 4) is 0 Å². The van der Waals surface area contributed by atoms with Crippen LogP contribution in [-0.4, -0.2) is 52.0 Å². The van der Waals surface area contributed by atoms with Gasteiger partial charge in [-0.25, -0.2) is 4.39 Å². The smallest absolute Gasteiger partial charge is 0.325 e. The summed E-state index contributed by atoms with van der Waals surface area (Å²) in [5.74, 6) is -1.26. The maximum Gasteiger partial charge on any atom is 0.325 e. The number of hydrogen-bond acceptors (Lipinski definition) is 3. The van der Waals surface area contributed by atoms with Gasteiger partial charge in [0, 0.05) is 53.9 Å². The van der Waals surface area contributed by atoms with Gasteiger partial charge in [-0.15, -0.1) is 0 Å². The maximum absolute atomic E-state index is 13.6. The van der Waals surface area contributed by atoms with Crippen molar-refractivity contribution in [3.05, 3.63) is 107 Å². The van der Waals surface area contributed by atoms with E-state index in [1.807, 2.05) is 35.2 Å². The number of piperazine rings is 1. The molecule has 1 aliphatic rings. The Morgan fingerprint density at radius 2 is 1.56 bits per heavy atom. The van der Waals surface area contributed by atoms with E-state index in [-0.39, 0.29) is 11.9 Å². The highest BCUT2D eigenvalue weighted by Crippen LogP contribution is 2.34. The zero-order valence-corrected chi connectivity index (χ0v) is 19.3. The zero-order chi connectivity index (χ0) is 23.7. The summed E-state index contributed by atoms with van der Waals surface area (Å²) in [6, 6.07) is 21.9. The summed E-state index contributed by atoms with van der Waals surface area (Å²) in [6.07, 6.45) is 1.69. The number of rotatable bonds is 6. The first-order chi connectivity index (χ1) is 16.5. The maximum atomic E-state index is 13.6. The lowest BCUT2D eigenvalue weighted by atomic mass is 9.96. The summed E-state index contributed by atoms with van der Waals surface area (Å²) in [5, 5.41) is 11.5. The second-order valence-electron chi connectivity index (χ2n) is 8.61. The Balaban J connectivity index is 1.40. The molecule has 0 spiro atoms. The van der Waals surface area contributed by atoms with Crippen molar-refractivity contribution in [3.63, 3.8) is 0 Å². The molecule has 0 radical (unpaired) electrons. The van der Waals surface area contributed by atoms with Crippen LogP contribution in [0.15, 0.2) is 79.0 Å². The molecular formula is C27H25ClFN3O2. The van der Waals surface area contributed by atoms with Crippen LogP contribution in [0.25, 0.3) is 10.9 Å². The lowest BCUT2D eigenvalue weighted by Gasteiger charge is -2.41. The van der Waals surface area contributed by atoms with Gasteiger partial charge in [0.05, 0.1) is 6.04 Å². The molecule has 2 heterocycles. The number of aromatic amines is 1. The largest absolute Gasteiger partial charge is 0.480 e. The molecule has 7 heteroatoms. The topological polar surface area (TPSA) is 59.6 Å². The average Bonchev–Trinajstić information content (AvgIpc) is 3.24. The number of nitrogens with zero attached hydrogens (tertiary/aromatic N) is 2. The number of aromatic nitrogens is 1. The van der Waals surface area contributed by atoms with E-state index >= 15 is 0 Å². The fourth-order valence-corrected chi connectivity index (χ4v) is 5.11. The SMILES string of the molecule is O=C(O)C(c1c[nH]c2cc(F)ccc12)N1CCN(C(c2ccccc2)c2ccc(Cl)cc2)CC1. The summed E-state index contributed by atoms with van der Waals surface area (Å²) < 4.78 is 13.6. The number of hydrogen-bond donors (Lipinski definition) is 2. The van der Waals surface area contributed by atoms with Gasteiger partial charge in [0.15, 0.2) is 0 Å². The van der Waals surface area contributed by atoms with E-state index in [0.29, 0.717) is 42.3 Å². The van der Waals surface area contributed by atoms with E-state index in [0.717, 1.165) is 10.9 Å². The lowest BCUT2D eigenvalue weighted by Crippen LogP contribution is -2.50. The minimum Gasteiger partial charge on any atom is -0.480 e. The van der Waals surface area contributed by atoms with E-state index in [4.69, 9.17) is 11.6 Å². The van der Waals surface area contributed by atoms with Gasteiger partial charge >= 0.3 is 5.97 Å². The van der Waals surface area contributed by atoms with Crippen molar-refractivity contribution >= 4 is 28.5 Å². The van der Waals surface area contributed by atoms with E-state index in [1.54, 1.807) is 12.3 Å². The summed E-state index contributed by atoms with van der Waals surface area (Å²) in [5.41, 5.74) is 3.60. The third-order valence-electron chi connectivity index (χ3n) is 6.58. The fourth-order valence-electron chi connectivity index (χ4n) is 4.98. The third kappa shape index (κ3) is 4.44. The quantitative estimate of drug-likeness (QED) is 0.385. The molecule has 5 rings (SSSR count). The van der Waals surface area contributed by atoms with Crippen LogP contribution in [0.5, 0.6) is 0 Å². The summed E-state index contributed by atoms with van der Waals surface area (Å²) >= 11 is 6.13. The van der Waals surface area contributed by atoms with Gasteiger partial charge in [-0.05, 0) is 41.5 Å². The van der Waals surface area contributed by atoms with Crippen LogP contribution in [0.4, 0.5) is 4.39 Å². The molecule has 0 bridgehead atoms. The standard InChI is InChI=1S/C27H25ClFN3O2/c28-20-8-6-19(7-9-20)25(18-4-2-1-3-5-18)31-12-14-32(15-13-31)26(27(33)34)23-17-30-24-16-21(29)10-11-22(23)24/h1-11,16-17,25-26,30H,12-15H2,(H,33,34). The second-order valence-corrected chi connectivity index (χ2v) is 9.05. The fraction of sp³-hybridized carbons (Fsp3) is 0.222. The van der Waals surface area contributed by atoms with Crippen molar-refractivity contribution in [2.75, 3.05) is 26.2 Å². The molecule has 1 aliphatic heterocycles. The van der Waals surface area contributed by atoms with E-state index < -0.39 is 12.0 Å². The number of halogens is 2. The Hall–Kier alpha value is -3.19. The molecular weight excluding hydrogens is 453 g/mol. The van der Waals surface area contributed by atoms with E-state index in [2.05, 4.69) is 34.1 Å². The number of aliphatic carboxylic acids is 1. The third-order valence-corrected chi connectivity index (χ3v) is 6.84. The van der Waals surface area contributed by atoms with Gasteiger partial charge in [-0.1, -0.05) is 54.1 Å². The zero-order valence-electron chi connectivity index (χ0n) is 18.5. The first-order valence-corrected chi connectivity index (χ1v) is 11.7. The highest BCUT2D eigenvalue weighted by Gasteiger charge is 2.34. The van der Waals surface area contributed by atoms with Gasteiger partial charge in [-0.3, -0.25) is 14.6 Å². The number of fused-ring (bicyclic) bond motifs is 1. The number of benzene rings is 3. The summed E-state index contributed by atoms with van der Waals surface area (Å²) in [4.78, 5) is 19.8. The molecule has 2 atom stereocenters. The number of carboxylic acids is 1. The molecule has 2 unspecified atom stereocenters. The van der Waals surface area contributed by atoms with Crippen LogP contribution in [0.1, 0.15) is 28.8 Å². The highest BCUT2D eigenvalue weighted by molar-refractivity contribution is 6.30. The Morgan fingerprint density at radius 3 is 2.24 bits per heavy atom. The Labute approximate surface area is 202 Å². The molecule has 1 aromatic heterocycles. The van der Waals surface area contributed by atoms with E-state index in [1.165, 1.54) is 17.7 Å². The van der Waals surface area contributed by atoms with Crippen molar-refractivity contribution in [2.45, 2.75) is 12.1 Å². The van der Waals surface area contributed by atoms with Crippen LogP contribution in [-0.2, 0) is 4.79 Å². The number of nitrogens with one attached hydrogen (secondary N) is 1. The van der Waals surface area contributed by atoms with Crippen LogP contribution < -0.4 is 0 Å². The van der Waals surface area contributed by atoms with Gasteiger partial charge in [0.25, 0.3) is 0 Å². The predicted octanol–water partition coefficient (Wildman–Crippen LogP) is 5.49. The molecule has 1 fully saturated rings. The molecule has 3 aromatic carbocycles. The average molecular weight is 478 g/mol. The molecule has 0 amide bonds. The van der Waals surface area contributed by atoms with Crippen molar-refractivity contribution in [1.82, 2.24) is 14.8 Å². The second kappa shape index (κ2) is 9.58. The normalized spacial score (nSPS) is 17.0. The van der Waals surface area contributed by atoms with Crippen LogP contribution in [0.2, 0.25) is 5.02 Å². The molecule has 4 aromatic rings. The molecule has 0 saturated carbocycles. The van der Waals surface area contributed by atoms with Gasteiger partial charge in [0.1, 0.15) is 11.9 Å². The Morgan fingerprint density at radius 1 is 0.912 bits per heavy atom. The highest BCUT2D eigenvalue weighted by atomic mass is 35.5. The Bertz CT molecular complexity index is 1280. The van der Waals surface area contributed by atoms with E-state index in [9.17, 15) is 14.3 Å². The molecule has 0 aliphatic carbocycles. The van der Waals surface area contributed by atoms with Crippen LogP contribution in [0, 0.1) is 5.82 Å². The molecule has 34 heavy (non-hydrogen) atoms. The molecule has 174 valence electrons. The first kappa shape index (κ1) is 22.6. The summed E-state index contributed by atoms with van der Waals surface area (Å²) in [6.45, 7) is 2.62. The van der Waals surface area contributed by atoms with Gasteiger partial charge in [0.2, 0.25) is 0 Å². The van der Waals surface area contributed by atoms with Crippen molar-refractivity contribution in [1.29, 1.82) is 0 Å². The number of H-pyrrole nitrogens is 1. The number of carbonyl (C=O) groups is 1. The molecule has 1 saturated heterocycles. The van der Waals surface area contributed by atoms with Crippen LogP contribution >= 0.6 is 11.6 Å². The monoisotopic (exact) mass is 477 g/mol. The number of carboxylic acid groups (broad SMARTS) is 1. The predicted molar refractivity (Wildman–Crippen MR) is 132 cm³/mol. The van der Waals surface area contributed by atoms with Gasteiger partial charge in [-0.2, -0.15) is 0 Å². The lowest BCUT2D eigenvalue weighted by molar-refractivity contribution is -0.144. The van der Waals surface area contributed by atoms with Gasteiger partial charge < -0.3 is 10.1 Å². The molecule has 5 nitrogen and oxygen atoms in total. The van der Waals surface area contributed by atoms with Crippen molar-refractivity contribution in [2.24, 2.45) is 0 Å². The van der Waals surface area contributed by atoms with Crippen LogP contribution in [0.3, 0.4) is 0 Å². The van der Waals surface area contributed by atoms with Crippen molar-refractivity contribution < 1.29 is 14.3 Å². The minimum absolute atomic E-state index is 0.0555. The Kier molecular flexibility index (Phi) is 6.37. The summed E-state index contributed by atoms with van der Waals surface area (Å²) in [7, 11) is 0.